The average Bonchev–Trinajstić information content (AvgIpc) is 3.23. The van der Waals surface area contributed by atoms with Gasteiger partial charge in [0, 0.05) is 16.9 Å². The van der Waals surface area contributed by atoms with Crippen molar-refractivity contribution in [3.63, 3.8) is 0 Å². The van der Waals surface area contributed by atoms with Crippen LogP contribution in [0.5, 0.6) is 0 Å². The number of hydrogen-bond donors (Lipinski definition) is 0. The molecule has 0 aliphatic heterocycles. The number of fused-ring (bicyclic) bond motifs is 4. The Morgan fingerprint density at radius 3 is 2.36 bits per heavy atom. The van der Waals surface area contributed by atoms with Crippen molar-refractivity contribution in [1.29, 1.82) is 0 Å². The first-order chi connectivity index (χ1) is 16.3. The van der Waals surface area contributed by atoms with E-state index in [0.29, 0.717) is 5.92 Å². The molecule has 2 aliphatic carbocycles. The van der Waals surface area contributed by atoms with Crippen LogP contribution in [0.15, 0.2) is 107 Å². The second kappa shape index (κ2) is 6.24. The minimum atomic E-state index is 0.428. The zero-order chi connectivity index (χ0) is 21.5. The predicted molar refractivity (Wildman–Crippen MR) is 139 cm³/mol. The monoisotopic (exact) mass is 420 g/mol. The third-order valence-corrected chi connectivity index (χ3v) is 7.56. The van der Waals surface area contributed by atoms with Crippen molar-refractivity contribution in [1.82, 2.24) is 0 Å². The molecule has 1 unspecified atom stereocenters. The third-order valence-electron chi connectivity index (χ3n) is 7.56. The Morgan fingerprint density at radius 1 is 0.667 bits per heavy atom. The smallest absolute Gasteiger partial charge is 0.135 e. The van der Waals surface area contributed by atoms with Crippen LogP contribution >= 0.6 is 0 Å². The van der Waals surface area contributed by atoms with Gasteiger partial charge in [0.15, 0.2) is 0 Å². The van der Waals surface area contributed by atoms with Gasteiger partial charge in [-0.3, -0.25) is 0 Å². The lowest BCUT2D eigenvalue weighted by atomic mass is 9.82. The Balaban J connectivity index is 1.46. The Bertz CT molecular complexity index is 1820. The van der Waals surface area contributed by atoms with Gasteiger partial charge in [0.1, 0.15) is 11.3 Å². The molecule has 0 bridgehead atoms. The van der Waals surface area contributed by atoms with Crippen molar-refractivity contribution in [2.24, 2.45) is 5.92 Å². The van der Waals surface area contributed by atoms with Gasteiger partial charge in [-0.05, 0) is 67.6 Å². The van der Waals surface area contributed by atoms with Crippen molar-refractivity contribution in [2.45, 2.75) is 6.42 Å². The lowest BCUT2D eigenvalue weighted by Crippen LogP contribution is -2.10. The van der Waals surface area contributed by atoms with E-state index in [1.807, 2.05) is 0 Å². The highest BCUT2D eigenvalue weighted by molar-refractivity contribution is 6.26. The zero-order valence-electron chi connectivity index (χ0n) is 18.0. The Kier molecular flexibility index (Phi) is 3.30. The summed E-state index contributed by atoms with van der Waals surface area (Å²) in [7, 11) is 0. The van der Waals surface area contributed by atoms with Crippen LogP contribution < -0.4 is 0 Å². The molecule has 33 heavy (non-hydrogen) atoms. The van der Waals surface area contributed by atoms with Gasteiger partial charge in [0.25, 0.3) is 0 Å². The summed E-state index contributed by atoms with van der Waals surface area (Å²) in [6.07, 6.45) is 12.0. The van der Waals surface area contributed by atoms with E-state index in [1.165, 1.54) is 60.0 Å². The van der Waals surface area contributed by atoms with Gasteiger partial charge in [0.2, 0.25) is 0 Å². The highest BCUT2D eigenvalue weighted by atomic mass is 16.3. The first-order valence-corrected chi connectivity index (χ1v) is 11.6. The highest BCUT2D eigenvalue weighted by Crippen LogP contribution is 2.45. The molecule has 1 atom stereocenters. The van der Waals surface area contributed by atoms with Gasteiger partial charge in [0.05, 0.1) is 0 Å². The molecule has 0 spiro atoms. The van der Waals surface area contributed by atoms with Gasteiger partial charge in [-0.1, -0.05) is 91.0 Å². The molecule has 0 fully saturated rings. The molecular weight excluding hydrogens is 400 g/mol. The molecule has 6 aromatic rings. The van der Waals surface area contributed by atoms with Gasteiger partial charge in [-0.2, -0.15) is 0 Å². The molecule has 1 nitrogen and oxygen atoms in total. The van der Waals surface area contributed by atoms with Crippen LogP contribution in [0.3, 0.4) is 0 Å². The number of hydrogen-bond acceptors (Lipinski definition) is 1. The highest BCUT2D eigenvalue weighted by Gasteiger charge is 2.26. The van der Waals surface area contributed by atoms with Crippen LogP contribution in [-0.2, 0) is 6.42 Å². The molecule has 5 aromatic carbocycles. The molecule has 8 rings (SSSR count). The van der Waals surface area contributed by atoms with Gasteiger partial charge >= 0.3 is 0 Å². The van der Waals surface area contributed by atoms with E-state index in [-0.39, 0.29) is 0 Å². The lowest BCUT2D eigenvalue weighted by Gasteiger charge is -2.21. The van der Waals surface area contributed by atoms with Gasteiger partial charge in [-0.15, -0.1) is 0 Å². The van der Waals surface area contributed by atoms with Crippen LogP contribution in [0.4, 0.5) is 0 Å². The summed E-state index contributed by atoms with van der Waals surface area (Å²) in [6.45, 7) is 0. The normalized spacial score (nSPS) is 17.2. The van der Waals surface area contributed by atoms with Crippen LogP contribution in [0.2, 0.25) is 0 Å². The van der Waals surface area contributed by atoms with Crippen LogP contribution in [0, 0.1) is 5.92 Å². The fourth-order valence-electron chi connectivity index (χ4n) is 6.06. The SMILES string of the molecule is C1=CC2=Cc3oc4cccc(-c5ccc6ccc7cccc8ccc5c6c78)c4c3CC2C=C1. The maximum atomic E-state index is 6.39. The standard InChI is InChI=1S/C32H20O/c1-2-6-23-18-29-27(17-22(23)5-1)32-25(9-4-10-28(32)33-29)24-15-13-21-12-11-19-7-3-8-20-14-16-26(24)31(21)30(19)20/h1-16,18,22H,17H2. The fraction of sp³-hybridized carbons (Fsp3) is 0.0625. The van der Waals surface area contributed by atoms with E-state index in [9.17, 15) is 0 Å². The summed E-state index contributed by atoms with van der Waals surface area (Å²) < 4.78 is 6.39. The molecule has 0 radical (unpaired) electrons. The maximum absolute atomic E-state index is 6.39. The first-order valence-electron chi connectivity index (χ1n) is 11.6. The Labute approximate surface area is 191 Å². The van der Waals surface area contributed by atoms with Crippen molar-refractivity contribution in [2.75, 3.05) is 0 Å². The quantitative estimate of drug-likeness (QED) is 0.243. The summed E-state index contributed by atoms with van der Waals surface area (Å²) in [5.41, 5.74) is 6.20. The predicted octanol–water partition coefficient (Wildman–Crippen LogP) is 8.68. The molecule has 1 aromatic heterocycles. The number of allylic oxidation sites excluding steroid dienone is 5. The minimum absolute atomic E-state index is 0.428. The van der Waals surface area contributed by atoms with Crippen molar-refractivity contribution in [3.8, 4) is 11.1 Å². The fourth-order valence-corrected chi connectivity index (χ4v) is 6.06. The number of furan rings is 1. The van der Waals surface area contributed by atoms with E-state index in [2.05, 4.69) is 103 Å². The van der Waals surface area contributed by atoms with Gasteiger partial charge < -0.3 is 4.42 Å². The van der Waals surface area contributed by atoms with Crippen LogP contribution in [0.1, 0.15) is 11.3 Å². The van der Waals surface area contributed by atoms with E-state index >= 15 is 0 Å². The van der Waals surface area contributed by atoms with Crippen LogP contribution in [0.25, 0.3) is 60.5 Å². The summed E-state index contributed by atoms with van der Waals surface area (Å²) in [5, 5.41) is 9.20. The number of benzene rings is 5. The van der Waals surface area contributed by atoms with Crippen molar-refractivity contribution >= 4 is 49.4 Å². The minimum Gasteiger partial charge on any atom is -0.456 e. The number of rotatable bonds is 1. The molecule has 1 heterocycles. The average molecular weight is 421 g/mol. The molecule has 1 heteroatoms. The zero-order valence-corrected chi connectivity index (χ0v) is 18.0. The summed E-state index contributed by atoms with van der Waals surface area (Å²) in [5.74, 6) is 1.44. The second-order valence-corrected chi connectivity index (χ2v) is 9.29. The molecular formula is C32H20O. The van der Waals surface area contributed by atoms with Gasteiger partial charge in [-0.25, -0.2) is 0 Å². The lowest BCUT2D eigenvalue weighted by molar-refractivity contribution is 0.586. The first kappa shape index (κ1) is 17.5. The topological polar surface area (TPSA) is 13.1 Å². The summed E-state index contributed by atoms with van der Waals surface area (Å²) in [6, 6.07) is 26.7. The molecule has 0 saturated carbocycles. The van der Waals surface area contributed by atoms with Crippen LogP contribution in [-0.4, -0.2) is 0 Å². The summed E-state index contributed by atoms with van der Waals surface area (Å²) in [4.78, 5) is 0. The van der Waals surface area contributed by atoms with Crippen molar-refractivity contribution in [3.05, 3.63) is 114 Å². The molecule has 2 aliphatic rings. The van der Waals surface area contributed by atoms with Crippen molar-refractivity contribution < 1.29 is 4.42 Å². The van der Waals surface area contributed by atoms with E-state index < -0.39 is 0 Å². The maximum Gasteiger partial charge on any atom is 0.135 e. The molecule has 154 valence electrons. The molecule has 0 amide bonds. The molecule has 0 N–H and O–H groups in total. The Hall–Kier alpha value is -4.10. The van der Waals surface area contributed by atoms with E-state index in [0.717, 1.165) is 17.8 Å². The third kappa shape index (κ3) is 2.32. The largest absolute Gasteiger partial charge is 0.456 e. The molecule has 0 saturated heterocycles. The Morgan fingerprint density at radius 2 is 1.45 bits per heavy atom. The van der Waals surface area contributed by atoms with E-state index in [1.54, 1.807) is 0 Å². The summed E-state index contributed by atoms with van der Waals surface area (Å²) >= 11 is 0. The second-order valence-electron chi connectivity index (χ2n) is 9.29. The van der Waals surface area contributed by atoms with E-state index in [4.69, 9.17) is 4.42 Å².